The number of hydrogen-bond donors (Lipinski definition) is 1. The number of carbonyl (C=O) groups is 1. The molecule has 1 unspecified atom stereocenters. The van der Waals surface area contributed by atoms with Gasteiger partial charge in [-0.05, 0) is 37.0 Å². The van der Waals surface area contributed by atoms with Crippen molar-refractivity contribution in [1.82, 2.24) is 15.3 Å². The number of anilines is 1. The van der Waals surface area contributed by atoms with Crippen molar-refractivity contribution in [3.63, 3.8) is 0 Å². The maximum absolute atomic E-state index is 13.8. The fraction of sp³-hybridized carbons (Fsp3) is 0.303. The van der Waals surface area contributed by atoms with Gasteiger partial charge in [0, 0.05) is 34.8 Å². The first-order chi connectivity index (χ1) is 19.1. The zero-order chi connectivity index (χ0) is 27.0. The predicted molar refractivity (Wildman–Crippen MR) is 160 cm³/mol. The number of carbonyl (C=O) groups excluding carboxylic acids is 1. The lowest BCUT2D eigenvalue weighted by atomic mass is 9.95. The molecule has 3 aromatic carbocycles. The summed E-state index contributed by atoms with van der Waals surface area (Å²) in [6.07, 6.45) is 6.33. The second-order valence-corrected chi connectivity index (χ2v) is 10.6. The van der Waals surface area contributed by atoms with Gasteiger partial charge in [-0.3, -0.25) is 4.79 Å². The van der Waals surface area contributed by atoms with Crippen LogP contribution in [0.15, 0.2) is 91.0 Å². The Hall–Kier alpha value is -3.70. The van der Waals surface area contributed by atoms with E-state index in [-0.39, 0.29) is 18.0 Å². The summed E-state index contributed by atoms with van der Waals surface area (Å²) in [5, 5.41) is 4.05. The van der Waals surface area contributed by atoms with Gasteiger partial charge in [-0.2, -0.15) is 0 Å². The fourth-order valence-electron chi connectivity index (χ4n) is 5.28. The summed E-state index contributed by atoms with van der Waals surface area (Å²) in [6.45, 7) is 2.59. The largest absolute Gasteiger partial charge is 0.352 e. The third-order valence-electron chi connectivity index (χ3n) is 7.39. The molecule has 0 saturated heterocycles. The summed E-state index contributed by atoms with van der Waals surface area (Å²) in [4.78, 5) is 25.9. The third kappa shape index (κ3) is 6.85. The van der Waals surface area contributed by atoms with Gasteiger partial charge >= 0.3 is 0 Å². The Labute approximate surface area is 236 Å². The van der Waals surface area contributed by atoms with E-state index in [1.807, 2.05) is 78.9 Å². The van der Waals surface area contributed by atoms with E-state index in [4.69, 9.17) is 21.6 Å². The van der Waals surface area contributed by atoms with Gasteiger partial charge in [0.2, 0.25) is 5.91 Å². The first-order valence-corrected chi connectivity index (χ1v) is 14.3. The Morgan fingerprint density at radius 3 is 2.18 bits per heavy atom. The van der Waals surface area contributed by atoms with Crippen LogP contribution < -0.4 is 10.2 Å². The van der Waals surface area contributed by atoms with Crippen LogP contribution in [0.5, 0.6) is 0 Å². The maximum Gasteiger partial charge on any atom is 0.242 e. The molecule has 0 spiro atoms. The maximum atomic E-state index is 13.8. The van der Waals surface area contributed by atoms with Crippen LogP contribution in [0.1, 0.15) is 51.0 Å². The van der Waals surface area contributed by atoms with Gasteiger partial charge in [0.05, 0.1) is 5.69 Å². The molecular formula is C33H35ClN4O. The summed E-state index contributed by atoms with van der Waals surface area (Å²) < 4.78 is 0. The average Bonchev–Trinajstić information content (AvgIpc) is 2.99. The highest BCUT2D eigenvalue weighted by atomic mass is 35.5. The van der Waals surface area contributed by atoms with Crippen molar-refractivity contribution in [2.75, 3.05) is 4.90 Å². The van der Waals surface area contributed by atoms with Crippen molar-refractivity contribution in [3.05, 3.63) is 102 Å². The highest BCUT2D eigenvalue weighted by Crippen LogP contribution is 2.29. The minimum Gasteiger partial charge on any atom is -0.352 e. The summed E-state index contributed by atoms with van der Waals surface area (Å²) in [5.41, 5.74) is 3.82. The van der Waals surface area contributed by atoms with E-state index in [1.165, 1.54) is 19.3 Å². The third-order valence-corrected chi connectivity index (χ3v) is 7.64. The Morgan fingerprint density at radius 2 is 1.54 bits per heavy atom. The van der Waals surface area contributed by atoms with Crippen molar-refractivity contribution >= 4 is 23.3 Å². The first-order valence-electron chi connectivity index (χ1n) is 13.9. The number of nitrogens with zero attached hydrogens (tertiary/aromatic N) is 3. The van der Waals surface area contributed by atoms with Crippen LogP contribution in [-0.2, 0) is 11.3 Å². The zero-order valence-electron chi connectivity index (χ0n) is 22.4. The number of aromatic nitrogens is 2. The normalized spacial score (nSPS) is 14.5. The van der Waals surface area contributed by atoms with Crippen molar-refractivity contribution in [3.8, 4) is 22.6 Å². The SMILES string of the molecule is CCC(C(=O)NC1CCCCC1)N(Cc1ccc(Cl)cc1)c1cc(-c2ccccc2)nc(-c2ccccc2)n1. The van der Waals surface area contributed by atoms with Crippen molar-refractivity contribution in [2.45, 2.75) is 64.1 Å². The van der Waals surface area contributed by atoms with Gasteiger partial charge in [0.1, 0.15) is 11.9 Å². The Balaban J connectivity index is 1.58. The highest BCUT2D eigenvalue weighted by molar-refractivity contribution is 6.30. The number of hydrogen-bond acceptors (Lipinski definition) is 4. The monoisotopic (exact) mass is 538 g/mol. The van der Waals surface area contributed by atoms with Crippen molar-refractivity contribution < 1.29 is 4.79 Å². The van der Waals surface area contributed by atoms with E-state index in [0.717, 1.165) is 41.0 Å². The molecule has 1 fully saturated rings. The second kappa shape index (κ2) is 12.9. The first kappa shape index (κ1) is 26.9. The molecule has 200 valence electrons. The number of nitrogens with one attached hydrogen (secondary N) is 1. The summed E-state index contributed by atoms with van der Waals surface area (Å²) in [6, 6.07) is 29.8. The molecule has 6 heteroatoms. The van der Waals surface area contributed by atoms with E-state index in [0.29, 0.717) is 23.8 Å². The number of benzene rings is 3. The lowest BCUT2D eigenvalue weighted by Crippen LogP contribution is -2.50. The fourth-order valence-corrected chi connectivity index (χ4v) is 5.41. The van der Waals surface area contributed by atoms with Crippen LogP contribution in [-0.4, -0.2) is 28.0 Å². The van der Waals surface area contributed by atoms with E-state index in [9.17, 15) is 4.79 Å². The quantitative estimate of drug-likeness (QED) is 0.237. The van der Waals surface area contributed by atoms with Gasteiger partial charge in [-0.1, -0.05) is 111 Å². The molecule has 0 radical (unpaired) electrons. The zero-order valence-corrected chi connectivity index (χ0v) is 23.1. The summed E-state index contributed by atoms with van der Waals surface area (Å²) >= 11 is 6.19. The van der Waals surface area contributed by atoms with Crippen LogP contribution in [0.2, 0.25) is 5.02 Å². The highest BCUT2D eigenvalue weighted by Gasteiger charge is 2.29. The van der Waals surface area contributed by atoms with Gasteiger partial charge in [0.25, 0.3) is 0 Å². The molecule has 1 atom stereocenters. The molecule has 1 aromatic heterocycles. The molecule has 0 aliphatic heterocycles. The van der Waals surface area contributed by atoms with E-state index >= 15 is 0 Å². The molecule has 1 aliphatic rings. The van der Waals surface area contributed by atoms with Gasteiger partial charge in [-0.25, -0.2) is 9.97 Å². The number of amides is 1. The standard InChI is InChI=1S/C33H35ClN4O/c1-2-30(33(39)35-28-16-10-5-11-17-28)38(23-24-18-20-27(34)21-19-24)31-22-29(25-12-6-3-7-13-25)36-32(37-31)26-14-8-4-9-15-26/h3-4,6-9,12-15,18-22,28,30H,2,5,10-11,16-17,23H2,1H3,(H,35,39). The van der Waals surface area contributed by atoms with Crippen molar-refractivity contribution in [1.29, 1.82) is 0 Å². The minimum atomic E-state index is -0.384. The second-order valence-electron chi connectivity index (χ2n) is 10.2. The summed E-state index contributed by atoms with van der Waals surface area (Å²) in [7, 11) is 0. The molecule has 5 rings (SSSR count). The predicted octanol–water partition coefficient (Wildman–Crippen LogP) is 7.70. The molecule has 1 saturated carbocycles. The Kier molecular flexibility index (Phi) is 8.89. The van der Waals surface area contributed by atoms with Crippen LogP contribution in [0.4, 0.5) is 5.82 Å². The Bertz CT molecular complexity index is 1300. The van der Waals surface area contributed by atoms with E-state index < -0.39 is 0 Å². The Morgan fingerprint density at radius 1 is 0.897 bits per heavy atom. The molecule has 4 aromatic rings. The molecule has 1 amide bonds. The lowest BCUT2D eigenvalue weighted by Gasteiger charge is -2.34. The molecule has 1 N–H and O–H groups in total. The van der Waals surface area contributed by atoms with Crippen LogP contribution in [0.25, 0.3) is 22.6 Å². The van der Waals surface area contributed by atoms with E-state index in [2.05, 4.69) is 29.3 Å². The average molecular weight is 539 g/mol. The smallest absolute Gasteiger partial charge is 0.242 e. The topological polar surface area (TPSA) is 58.1 Å². The van der Waals surface area contributed by atoms with Gasteiger partial charge in [0.15, 0.2) is 5.82 Å². The number of rotatable bonds is 9. The molecule has 0 bridgehead atoms. The van der Waals surface area contributed by atoms with Gasteiger partial charge in [-0.15, -0.1) is 0 Å². The molecule has 5 nitrogen and oxygen atoms in total. The lowest BCUT2D eigenvalue weighted by molar-refractivity contribution is -0.123. The summed E-state index contributed by atoms with van der Waals surface area (Å²) in [5.74, 6) is 1.42. The van der Waals surface area contributed by atoms with Crippen LogP contribution >= 0.6 is 11.6 Å². The van der Waals surface area contributed by atoms with Crippen molar-refractivity contribution in [2.24, 2.45) is 0 Å². The molecule has 1 aliphatic carbocycles. The minimum absolute atomic E-state index is 0.0551. The van der Waals surface area contributed by atoms with Crippen LogP contribution in [0.3, 0.4) is 0 Å². The van der Waals surface area contributed by atoms with Crippen LogP contribution in [0, 0.1) is 0 Å². The van der Waals surface area contributed by atoms with Gasteiger partial charge < -0.3 is 10.2 Å². The molecular weight excluding hydrogens is 504 g/mol. The molecule has 39 heavy (non-hydrogen) atoms. The molecule has 1 heterocycles. The number of halogens is 1. The van der Waals surface area contributed by atoms with E-state index in [1.54, 1.807) is 0 Å².